The molecule has 0 bridgehead atoms. The van der Waals surface area contributed by atoms with E-state index >= 15 is 0 Å². The van der Waals surface area contributed by atoms with Crippen molar-refractivity contribution in [1.29, 1.82) is 0 Å². The molecule has 4 nitrogen and oxygen atoms in total. The summed E-state index contributed by atoms with van der Waals surface area (Å²) in [5, 5.41) is 0. The largest absolute Gasteiger partial charge is 0.445 e. The van der Waals surface area contributed by atoms with Gasteiger partial charge in [0.1, 0.15) is 6.61 Å². The van der Waals surface area contributed by atoms with Gasteiger partial charge in [-0.2, -0.15) is 0 Å². The van der Waals surface area contributed by atoms with Crippen molar-refractivity contribution < 1.29 is 18.3 Å². The van der Waals surface area contributed by atoms with Gasteiger partial charge >= 0.3 is 6.09 Å². The van der Waals surface area contributed by atoms with Crippen LogP contribution in [0.4, 0.5) is 13.6 Å². The van der Waals surface area contributed by atoms with Crippen molar-refractivity contribution in [1.82, 2.24) is 4.90 Å². The summed E-state index contributed by atoms with van der Waals surface area (Å²) in [6.07, 6.45) is -0.978. The normalized spacial score (nSPS) is 25.2. The molecular formula is C15H20F2N2O2. The van der Waals surface area contributed by atoms with Crippen LogP contribution in [0.1, 0.15) is 25.3 Å². The van der Waals surface area contributed by atoms with Crippen LogP contribution in [0.3, 0.4) is 0 Å². The summed E-state index contributed by atoms with van der Waals surface area (Å²) in [4.78, 5) is 13.3. The number of halogens is 2. The van der Waals surface area contributed by atoms with Gasteiger partial charge < -0.3 is 15.4 Å². The number of likely N-dealkylation sites (tertiary alicyclic amines) is 1. The van der Waals surface area contributed by atoms with Gasteiger partial charge in [0.2, 0.25) is 0 Å². The van der Waals surface area contributed by atoms with Crippen LogP contribution in [0.5, 0.6) is 0 Å². The van der Waals surface area contributed by atoms with E-state index in [2.05, 4.69) is 0 Å². The zero-order valence-electron chi connectivity index (χ0n) is 12.0. The number of hydrogen-bond acceptors (Lipinski definition) is 3. The lowest BCUT2D eigenvalue weighted by molar-refractivity contribution is -0.0700. The molecule has 116 valence electrons. The molecule has 6 heteroatoms. The first kappa shape index (κ1) is 15.7. The summed E-state index contributed by atoms with van der Waals surface area (Å²) < 4.78 is 32.8. The maximum absolute atomic E-state index is 13.8. The van der Waals surface area contributed by atoms with Crippen LogP contribution < -0.4 is 5.73 Å². The number of benzene rings is 1. The molecule has 2 N–H and O–H groups in total. The number of nitrogens with zero attached hydrogens (tertiary/aromatic N) is 1. The van der Waals surface area contributed by atoms with Crippen LogP contribution in [0, 0.1) is 0 Å². The van der Waals surface area contributed by atoms with Gasteiger partial charge in [0.25, 0.3) is 5.92 Å². The fraction of sp³-hybridized carbons (Fsp3) is 0.533. The summed E-state index contributed by atoms with van der Waals surface area (Å²) in [5.74, 6) is -2.98. The van der Waals surface area contributed by atoms with Crippen LogP contribution in [0.15, 0.2) is 30.3 Å². The van der Waals surface area contributed by atoms with Crippen molar-refractivity contribution in [2.45, 2.75) is 37.8 Å². The van der Waals surface area contributed by atoms with Crippen LogP contribution in [-0.2, 0) is 11.3 Å². The van der Waals surface area contributed by atoms with E-state index < -0.39 is 24.0 Å². The van der Waals surface area contributed by atoms with Crippen molar-refractivity contribution in [3.8, 4) is 0 Å². The Labute approximate surface area is 122 Å². The average molecular weight is 298 g/mol. The topological polar surface area (TPSA) is 55.6 Å². The van der Waals surface area contributed by atoms with Crippen LogP contribution in [0.2, 0.25) is 0 Å². The molecule has 1 aromatic rings. The second-order valence-electron chi connectivity index (χ2n) is 5.65. The highest BCUT2D eigenvalue weighted by molar-refractivity contribution is 5.67. The van der Waals surface area contributed by atoms with Crippen molar-refractivity contribution >= 4 is 6.09 Å². The number of nitrogens with two attached hydrogens (primary N) is 1. The monoisotopic (exact) mass is 298 g/mol. The standard InChI is InChI=1S/C15H20F2N2O2/c1-14(18)7-9-19(10-8-15(14,16)17)13(20)21-11-12-5-3-2-4-6-12/h2-6H,7-11,18H2,1H3. The molecule has 1 heterocycles. The van der Waals surface area contributed by atoms with Crippen LogP contribution in [0.25, 0.3) is 0 Å². The third-order valence-electron chi connectivity index (χ3n) is 3.90. The number of alkyl halides is 2. The van der Waals surface area contributed by atoms with E-state index in [9.17, 15) is 13.6 Å². The molecule has 1 amide bonds. The highest BCUT2D eigenvalue weighted by Gasteiger charge is 2.49. The third kappa shape index (κ3) is 3.69. The van der Waals surface area contributed by atoms with E-state index in [0.29, 0.717) is 0 Å². The maximum Gasteiger partial charge on any atom is 0.410 e. The zero-order valence-corrected chi connectivity index (χ0v) is 12.0. The number of hydrogen-bond donors (Lipinski definition) is 1. The molecule has 1 aromatic carbocycles. The molecule has 1 unspecified atom stereocenters. The van der Waals surface area contributed by atoms with Crippen molar-refractivity contribution in [2.75, 3.05) is 13.1 Å². The van der Waals surface area contributed by atoms with Crippen LogP contribution >= 0.6 is 0 Å². The number of amides is 1. The first-order chi connectivity index (χ1) is 9.82. The molecule has 0 aromatic heterocycles. The number of ether oxygens (including phenoxy) is 1. The minimum atomic E-state index is -2.98. The lowest BCUT2D eigenvalue weighted by Gasteiger charge is -2.31. The Balaban J connectivity index is 1.92. The van der Waals surface area contributed by atoms with Gasteiger partial charge in [-0.15, -0.1) is 0 Å². The van der Waals surface area contributed by atoms with E-state index in [0.717, 1.165) is 5.56 Å². The third-order valence-corrected chi connectivity index (χ3v) is 3.90. The second kappa shape index (κ2) is 5.97. The molecule has 0 saturated carbocycles. The Hall–Kier alpha value is -1.69. The molecule has 21 heavy (non-hydrogen) atoms. The first-order valence-electron chi connectivity index (χ1n) is 6.94. The first-order valence-corrected chi connectivity index (χ1v) is 6.94. The Morgan fingerprint density at radius 2 is 1.90 bits per heavy atom. The van der Waals surface area contributed by atoms with Crippen molar-refractivity contribution in [3.63, 3.8) is 0 Å². The van der Waals surface area contributed by atoms with Gasteiger partial charge in [0.15, 0.2) is 0 Å². The maximum atomic E-state index is 13.8. The molecule has 0 spiro atoms. The summed E-state index contributed by atoms with van der Waals surface area (Å²) in [7, 11) is 0. The van der Waals surface area contributed by atoms with Gasteiger partial charge in [-0.3, -0.25) is 0 Å². The Morgan fingerprint density at radius 1 is 1.29 bits per heavy atom. The average Bonchev–Trinajstić information content (AvgIpc) is 2.55. The van der Waals surface area contributed by atoms with Crippen molar-refractivity contribution in [3.05, 3.63) is 35.9 Å². The fourth-order valence-corrected chi connectivity index (χ4v) is 2.22. The van der Waals surface area contributed by atoms with E-state index in [-0.39, 0.29) is 26.1 Å². The van der Waals surface area contributed by atoms with Gasteiger partial charge in [-0.25, -0.2) is 13.6 Å². The molecule has 1 aliphatic rings. The van der Waals surface area contributed by atoms with E-state index in [1.54, 1.807) is 0 Å². The molecule has 2 rings (SSSR count). The summed E-state index contributed by atoms with van der Waals surface area (Å²) >= 11 is 0. The highest BCUT2D eigenvalue weighted by atomic mass is 19.3. The van der Waals surface area contributed by atoms with E-state index in [1.165, 1.54) is 11.8 Å². The molecule has 1 fully saturated rings. The lowest BCUT2D eigenvalue weighted by Crippen LogP contribution is -2.53. The Morgan fingerprint density at radius 3 is 2.57 bits per heavy atom. The highest BCUT2D eigenvalue weighted by Crippen LogP contribution is 2.35. The molecule has 1 saturated heterocycles. The van der Waals surface area contributed by atoms with Gasteiger partial charge in [0.05, 0.1) is 5.54 Å². The number of rotatable bonds is 2. The molecule has 0 radical (unpaired) electrons. The Kier molecular flexibility index (Phi) is 4.46. The lowest BCUT2D eigenvalue weighted by atomic mass is 9.90. The number of carbonyl (C=O) groups excluding carboxylic acids is 1. The van der Waals surface area contributed by atoms with Crippen molar-refractivity contribution in [2.24, 2.45) is 5.73 Å². The zero-order chi connectivity index (χ0) is 15.5. The van der Waals surface area contributed by atoms with Gasteiger partial charge in [-0.1, -0.05) is 30.3 Å². The smallest absolute Gasteiger partial charge is 0.410 e. The Bertz CT molecular complexity index is 474. The second-order valence-corrected chi connectivity index (χ2v) is 5.65. The molecule has 0 aliphatic carbocycles. The quantitative estimate of drug-likeness (QED) is 0.913. The minimum absolute atomic E-state index is 0.0421. The fourth-order valence-electron chi connectivity index (χ4n) is 2.22. The molecular weight excluding hydrogens is 278 g/mol. The van der Waals surface area contributed by atoms with Crippen LogP contribution in [-0.4, -0.2) is 35.5 Å². The SMILES string of the molecule is CC1(N)CCN(C(=O)OCc2ccccc2)CCC1(F)F. The van der Waals surface area contributed by atoms with E-state index in [1.807, 2.05) is 30.3 Å². The summed E-state index contributed by atoms with van der Waals surface area (Å²) in [6, 6.07) is 9.22. The van der Waals surface area contributed by atoms with Gasteiger partial charge in [-0.05, 0) is 18.9 Å². The number of carbonyl (C=O) groups is 1. The summed E-state index contributed by atoms with van der Waals surface area (Å²) in [6.45, 7) is 1.59. The predicted octanol–water partition coefficient (Wildman–Crippen LogP) is 2.77. The minimum Gasteiger partial charge on any atom is -0.445 e. The molecule has 1 aliphatic heterocycles. The predicted molar refractivity (Wildman–Crippen MR) is 75.0 cm³/mol. The van der Waals surface area contributed by atoms with Gasteiger partial charge in [0, 0.05) is 19.5 Å². The summed E-state index contributed by atoms with van der Waals surface area (Å²) in [5.41, 5.74) is 4.91. The van der Waals surface area contributed by atoms with E-state index in [4.69, 9.17) is 10.5 Å². The molecule has 1 atom stereocenters.